The zero-order valence-corrected chi connectivity index (χ0v) is 17.9. The van der Waals surface area contributed by atoms with Crippen molar-refractivity contribution in [3.05, 3.63) is 53.6 Å². The van der Waals surface area contributed by atoms with Crippen LogP contribution in [0.1, 0.15) is 29.3 Å². The van der Waals surface area contributed by atoms with E-state index in [9.17, 15) is 18.0 Å². The average molecular weight is 432 g/mol. The normalized spacial score (nSPS) is 16.1. The molecule has 1 aliphatic rings. The lowest BCUT2D eigenvalue weighted by molar-refractivity contribution is -0.122. The van der Waals surface area contributed by atoms with Crippen molar-refractivity contribution in [2.75, 3.05) is 29.0 Å². The monoisotopic (exact) mass is 432 g/mol. The summed E-state index contributed by atoms with van der Waals surface area (Å²) in [6.45, 7) is 3.90. The molecule has 9 heteroatoms. The van der Waals surface area contributed by atoms with E-state index in [-0.39, 0.29) is 19.6 Å². The van der Waals surface area contributed by atoms with Gasteiger partial charge < -0.3 is 14.8 Å². The van der Waals surface area contributed by atoms with Crippen molar-refractivity contribution in [2.24, 2.45) is 0 Å². The molecule has 1 aliphatic heterocycles. The van der Waals surface area contributed by atoms with E-state index < -0.39 is 28.0 Å². The molecule has 30 heavy (non-hydrogen) atoms. The van der Waals surface area contributed by atoms with Crippen molar-refractivity contribution in [2.45, 2.75) is 26.4 Å². The van der Waals surface area contributed by atoms with E-state index in [1.54, 1.807) is 56.3 Å². The van der Waals surface area contributed by atoms with Crippen molar-refractivity contribution < 1.29 is 27.5 Å². The van der Waals surface area contributed by atoms with E-state index >= 15 is 0 Å². The Bertz CT molecular complexity index is 1070. The molecule has 160 valence electrons. The topological polar surface area (TPSA) is 102 Å². The molecule has 2 aromatic carbocycles. The Hall–Kier alpha value is -3.07. The zero-order valence-electron chi connectivity index (χ0n) is 17.0. The number of sulfonamides is 1. The van der Waals surface area contributed by atoms with Crippen molar-refractivity contribution in [3.63, 3.8) is 0 Å². The quantitative estimate of drug-likeness (QED) is 0.729. The number of carbonyl (C=O) groups is 2. The van der Waals surface area contributed by atoms with Gasteiger partial charge in [0.15, 0.2) is 6.10 Å². The predicted octanol–water partition coefficient (Wildman–Crippen LogP) is 2.73. The molecule has 1 amide bonds. The van der Waals surface area contributed by atoms with Crippen molar-refractivity contribution >= 4 is 33.3 Å². The van der Waals surface area contributed by atoms with Crippen LogP contribution in [0.3, 0.4) is 0 Å². The maximum Gasteiger partial charge on any atom is 0.338 e. The van der Waals surface area contributed by atoms with Crippen LogP contribution >= 0.6 is 0 Å². The smallest absolute Gasteiger partial charge is 0.338 e. The highest BCUT2D eigenvalue weighted by Crippen LogP contribution is 2.34. The molecular formula is C21H24N2O6S. The molecule has 8 nitrogen and oxygen atoms in total. The van der Waals surface area contributed by atoms with Crippen LogP contribution in [0.2, 0.25) is 0 Å². The summed E-state index contributed by atoms with van der Waals surface area (Å²) in [5.41, 5.74) is 2.04. The highest BCUT2D eigenvalue weighted by Gasteiger charge is 2.31. The number of carbonyl (C=O) groups excluding carboxylic acids is 2. The minimum Gasteiger partial charge on any atom is -0.478 e. The fourth-order valence-corrected chi connectivity index (χ4v) is 4.16. The van der Waals surface area contributed by atoms with Gasteiger partial charge in [0.25, 0.3) is 5.91 Å². The van der Waals surface area contributed by atoms with Gasteiger partial charge in [-0.15, -0.1) is 0 Å². The van der Waals surface area contributed by atoms with Crippen LogP contribution in [0.5, 0.6) is 5.75 Å². The summed E-state index contributed by atoms with van der Waals surface area (Å²) in [7, 11) is -3.52. The van der Waals surface area contributed by atoms with Crippen LogP contribution < -0.4 is 14.4 Å². The number of nitrogens with zero attached hydrogens (tertiary/aromatic N) is 1. The lowest BCUT2D eigenvalue weighted by Crippen LogP contribution is -2.36. The number of hydrogen-bond acceptors (Lipinski definition) is 6. The minimum atomic E-state index is -3.52. The molecule has 0 fully saturated rings. The summed E-state index contributed by atoms with van der Waals surface area (Å²) in [6.07, 6.45) is 0.439. The fourth-order valence-electron chi connectivity index (χ4n) is 3.22. The molecule has 0 spiro atoms. The van der Waals surface area contributed by atoms with E-state index in [2.05, 4.69) is 5.32 Å². The van der Waals surface area contributed by atoms with Crippen LogP contribution in [0, 0.1) is 6.92 Å². The number of amides is 1. The van der Waals surface area contributed by atoms with Crippen LogP contribution in [0.4, 0.5) is 11.4 Å². The molecule has 2 aromatic rings. The third-order valence-electron chi connectivity index (χ3n) is 4.69. The Morgan fingerprint density at radius 3 is 2.63 bits per heavy atom. The Balaban J connectivity index is 1.79. The third-order valence-corrected chi connectivity index (χ3v) is 5.87. The number of fused-ring (bicyclic) bond motifs is 1. The molecule has 0 saturated heterocycles. The van der Waals surface area contributed by atoms with Gasteiger partial charge in [0, 0.05) is 18.7 Å². The molecule has 1 atom stereocenters. The first kappa shape index (κ1) is 21.6. The molecular weight excluding hydrogens is 408 g/mol. The average Bonchev–Trinajstić information content (AvgIpc) is 2.89. The Kier molecular flexibility index (Phi) is 6.31. The summed E-state index contributed by atoms with van der Waals surface area (Å²) in [6, 6.07) is 11.6. The van der Waals surface area contributed by atoms with Gasteiger partial charge in [-0.05, 0) is 49.7 Å². The van der Waals surface area contributed by atoms with Gasteiger partial charge in [0.1, 0.15) is 5.75 Å². The number of benzene rings is 2. The van der Waals surface area contributed by atoms with E-state index in [0.29, 0.717) is 28.3 Å². The first-order valence-electron chi connectivity index (χ1n) is 9.52. The number of aryl methyl sites for hydroxylation is 1. The van der Waals surface area contributed by atoms with Gasteiger partial charge in [-0.1, -0.05) is 12.1 Å². The Labute approximate surface area is 175 Å². The number of anilines is 2. The van der Waals surface area contributed by atoms with Crippen LogP contribution in [-0.2, 0) is 19.6 Å². The van der Waals surface area contributed by atoms with Gasteiger partial charge in [-0.2, -0.15) is 0 Å². The van der Waals surface area contributed by atoms with E-state index in [1.807, 2.05) is 0 Å². The van der Waals surface area contributed by atoms with E-state index in [4.69, 9.17) is 9.47 Å². The summed E-state index contributed by atoms with van der Waals surface area (Å²) in [5, 5.41) is 2.81. The number of esters is 1. The third kappa shape index (κ3) is 4.73. The van der Waals surface area contributed by atoms with Crippen LogP contribution in [0.25, 0.3) is 0 Å². The second kappa shape index (κ2) is 8.74. The number of hydrogen-bond donors (Lipinski definition) is 1. The molecule has 0 aliphatic carbocycles. The largest absolute Gasteiger partial charge is 0.478 e. The highest BCUT2D eigenvalue weighted by atomic mass is 32.2. The lowest BCUT2D eigenvalue weighted by atomic mass is 10.1. The summed E-state index contributed by atoms with van der Waals surface area (Å²) < 4.78 is 36.4. The number of ether oxygens (including phenoxy) is 2. The first-order chi connectivity index (χ1) is 14.2. The number of nitrogens with one attached hydrogen (secondary N) is 1. The minimum absolute atomic E-state index is 0.120. The summed E-state index contributed by atoms with van der Waals surface area (Å²) >= 11 is 0. The standard InChI is InChI=1S/C21H24N2O6S/c1-4-28-21(25)15-9-10-16(14(2)13-15)22-20(24)19-11-12-23(30(3,26)27)17-7-5-6-8-18(17)29-19/h5-10,13,19H,4,11-12H2,1-3H3,(H,22,24)/t19-/m1/s1. The van der Waals surface area contributed by atoms with Crippen molar-refractivity contribution in [1.29, 1.82) is 0 Å². The first-order valence-corrected chi connectivity index (χ1v) is 11.4. The van der Waals surface area contributed by atoms with E-state index in [0.717, 1.165) is 6.26 Å². The Morgan fingerprint density at radius 1 is 1.23 bits per heavy atom. The summed E-state index contributed by atoms with van der Waals surface area (Å²) in [4.78, 5) is 24.7. The second-order valence-corrected chi connectivity index (χ2v) is 8.84. The predicted molar refractivity (Wildman–Crippen MR) is 113 cm³/mol. The molecule has 0 radical (unpaired) electrons. The maximum atomic E-state index is 12.9. The molecule has 3 rings (SSSR count). The maximum absolute atomic E-state index is 12.9. The number of para-hydroxylation sites is 2. The van der Waals surface area contributed by atoms with E-state index in [1.165, 1.54) is 4.31 Å². The van der Waals surface area contributed by atoms with Crippen molar-refractivity contribution in [3.8, 4) is 5.75 Å². The second-order valence-electron chi connectivity index (χ2n) is 6.94. The van der Waals surface area contributed by atoms with Crippen molar-refractivity contribution in [1.82, 2.24) is 0 Å². The molecule has 0 aromatic heterocycles. The highest BCUT2D eigenvalue weighted by molar-refractivity contribution is 7.92. The number of rotatable bonds is 5. The van der Waals surface area contributed by atoms with Crippen LogP contribution in [-0.4, -0.2) is 45.8 Å². The molecule has 0 unspecified atom stereocenters. The van der Waals surface area contributed by atoms with Gasteiger partial charge in [-0.25, -0.2) is 13.2 Å². The molecule has 0 bridgehead atoms. The molecule has 1 heterocycles. The molecule has 1 N–H and O–H groups in total. The SMILES string of the molecule is CCOC(=O)c1ccc(NC(=O)[C@H]2CCN(S(C)(=O)=O)c3ccccc3O2)c(C)c1. The molecule has 0 saturated carbocycles. The summed E-state index contributed by atoms with van der Waals surface area (Å²) in [5.74, 6) is -0.495. The zero-order chi connectivity index (χ0) is 21.9. The van der Waals surface area contributed by atoms with Gasteiger partial charge >= 0.3 is 5.97 Å². The van der Waals surface area contributed by atoms with Gasteiger partial charge in [0.05, 0.1) is 24.1 Å². The van der Waals surface area contributed by atoms with Gasteiger partial charge in [0.2, 0.25) is 10.0 Å². The van der Waals surface area contributed by atoms with Gasteiger partial charge in [-0.3, -0.25) is 9.10 Å². The fraction of sp³-hybridized carbons (Fsp3) is 0.333. The van der Waals surface area contributed by atoms with Crippen LogP contribution in [0.15, 0.2) is 42.5 Å². The lowest BCUT2D eigenvalue weighted by Gasteiger charge is -2.20. The Morgan fingerprint density at radius 2 is 1.97 bits per heavy atom.